The molecule has 1 aliphatic carbocycles. The number of rotatable bonds is 6. The molecule has 2 atom stereocenters. The predicted molar refractivity (Wildman–Crippen MR) is 123 cm³/mol. The molecule has 1 aromatic carbocycles. The summed E-state index contributed by atoms with van der Waals surface area (Å²) >= 11 is 0. The number of aromatic nitrogens is 1. The second-order valence-electron chi connectivity index (χ2n) is 9.75. The molecule has 3 fully saturated rings. The quantitative estimate of drug-likeness (QED) is 0.419. The summed E-state index contributed by atoms with van der Waals surface area (Å²) < 4.78 is 89.5. The van der Waals surface area contributed by atoms with Crippen LogP contribution in [-0.4, -0.2) is 76.2 Å². The molecule has 2 aromatic rings. The monoisotopic (exact) mass is 534 g/mol. The Balaban J connectivity index is 1.34. The van der Waals surface area contributed by atoms with Crippen molar-refractivity contribution in [2.75, 3.05) is 26.8 Å². The fraction of sp³-hybridized carbons (Fsp3) is 0.500. The van der Waals surface area contributed by atoms with Crippen LogP contribution in [0.1, 0.15) is 35.3 Å². The lowest BCUT2D eigenvalue weighted by Crippen LogP contribution is -2.53. The highest BCUT2D eigenvalue weighted by atomic mass is 19.4. The van der Waals surface area contributed by atoms with Crippen LogP contribution < -0.4 is 9.47 Å². The smallest absolute Gasteiger partial charge is 0.397 e. The Hall–Kier alpha value is -2.86. The van der Waals surface area contributed by atoms with Crippen LogP contribution in [0.5, 0.6) is 11.6 Å². The standard InChI is InChI=1S/C24H21B2F5N2O5/c1-35-19-17(36-12-21(4-5-21)23(29,30)31)3-2-16(32-19)20(34)33-7-6-22(13-8-14(27)10-15(28)9-13)18(11-33)37-24(25,26)38-22/h2-3,8-10,18H,4-7,11-12H2,1H3. The van der Waals surface area contributed by atoms with E-state index in [-0.39, 0.29) is 55.2 Å². The number of likely N-dealkylation sites (tertiary alicyclic amines) is 1. The average molecular weight is 534 g/mol. The number of ether oxygens (including phenoxy) is 4. The molecule has 3 aliphatic rings. The minimum Gasteiger partial charge on any atom is -0.487 e. The number of piperidine rings is 1. The number of hydrogen-bond donors (Lipinski definition) is 0. The van der Waals surface area contributed by atoms with Gasteiger partial charge in [-0.05, 0) is 42.7 Å². The summed E-state index contributed by atoms with van der Waals surface area (Å²) in [5.41, 5.74) is -5.31. The summed E-state index contributed by atoms with van der Waals surface area (Å²) in [6.07, 6.45) is -5.37. The molecule has 2 saturated heterocycles. The first-order chi connectivity index (χ1) is 17.8. The summed E-state index contributed by atoms with van der Waals surface area (Å²) in [5.74, 6) is -2.41. The molecule has 5 rings (SSSR count). The third-order valence-corrected chi connectivity index (χ3v) is 7.16. The molecule has 3 heterocycles. The number of amides is 1. The van der Waals surface area contributed by atoms with Gasteiger partial charge in [0.15, 0.2) is 5.75 Å². The molecule has 1 amide bonds. The molecule has 2 aliphatic heterocycles. The van der Waals surface area contributed by atoms with Gasteiger partial charge in [0.25, 0.3) is 11.8 Å². The first-order valence-corrected chi connectivity index (χ1v) is 11.7. The molecule has 1 aromatic heterocycles. The summed E-state index contributed by atoms with van der Waals surface area (Å²) in [6.45, 7) is -0.637. The molecule has 2 unspecified atom stereocenters. The van der Waals surface area contributed by atoms with Crippen LogP contribution in [0.2, 0.25) is 0 Å². The van der Waals surface area contributed by atoms with Crippen LogP contribution in [-0.2, 0) is 15.1 Å². The minimum atomic E-state index is -4.39. The van der Waals surface area contributed by atoms with E-state index in [1.54, 1.807) is 0 Å². The predicted octanol–water partition coefficient (Wildman–Crippen LogP) is 3.19. The molecule has 7 nitrogen and oxygen atoms in total. The maximum Gasteiger partial charge on any atom is 0.397 e. The average Bonchev–Trinajstić information content (AvgIpc) is 3.58. The molecule has 198 valence electrons. The van der Waals surface area contributed by atoms with Crippen LogP contribution >= 0.6 is 0 Å². The zero-order chi connectivity index (χ0) is 27.5. The fourth-order valence-corrected chi connectivity index (χ4v) is 4.89. The topological polar surface area (TPSA) is 70.1 Å². The summed E-state index contributed by atoms with van der Waals surface area (Å²) in [4.78, 5) is 18.8. The van der Waals surface area contributed by atoms with Gasteiger partial charge >= 0.3 is 6.18 Å². The van der Waals surface area contributed by atoms with Crippen molar-refractivity contribution in [3.05, 3.63) is 53.2 Å². The highest BCUT2D eigenvalue weighted by Crippen LogP contribution is 2.57. The molecule has 4 radical (unpaired) electrons. The minimum absolute atomic E-state index is 0.0264. The van der Waals surface area contributed by atoms with E-state index in [9.17, 15) is 26.7 Å². The largest absolute Gasteiger partial charge is 0.487 e. The highest BCUT2D eigenvalue weighted by molar-refractivity contribution is 6.38. The molecule has 0 bridgehead atoms. The lowest BCUT2D eigenvalue weighted by atomic mass is 9.76. The number of benzene rings is 1. The van der Waals surface area contributed by atoms with Gasteiger partial charge in [-0.25, -0.2) is 13.8 Å². The van der Waals surface area contributed by atoms with Gasteiger partial charge in [-0.1, -0.05) is 0 Å². The Labute approximate surface area is 217 Å². The summed E-state index contributed by atoms with van der Waals surface area (Å²) in [5, 5.41) is 0. The van der Waals surface area contributed by atoms with Gasteiger partial charge in [0.2, 0.25) is 0 Å². The van der Waals surface area contributed by atoms with Crippen molar-refractivity contribution >= 4 is 21.6 Å². The number of halogens is 5. The van der Waals surface area contributed by atoms with Gasteiger partial charge in [-0.3, -0.25) is 4.79 Å². The maximum absolute atomic E-state index is 14.0. The van der Waals surface area contributed by atoms with Crippen molar-refractivity contribution in [3.63, 3.8) is 0 Å². The van der Waals surface area contributed by atoms with Gasteiger partial charge in [0.05, 0.1) is 19.2 Å². The van der Waals surface area contributed by atoms with Crippen molar-refractivity contribution in [1.29, 1.82) is 0 Å². The van der Waals surface area contributed by atoms with E-state index in [1.165, 1.54) is 24.1 Å². The van der Waals surface area contributed by atoms with Crippen molar-refractivity contribution < 1.29 is 45.7 Å². The van der Waals surface area contributed by atoms with Crippen molar-refractivity contribution in [3.8, 4) is 11.6 Å². The first-order valence-electron chi connectivity index (χ1n) is 11.7. The molecule has 0 N–H and O–H groups in total. The van der Waals surface area contributed by atoms with E-state index >= 15 is 0 Å². The first kappa shape index (κ1) is 26.7. The van der Waals surface area contributed by atoms with Gasteiger partial charge in [-0.15, -0.1) is 0 Å². The number of methoxy groups -OCH3 is 1. The molecule has 38 heavy (non-hydrogen) atoms. The Bertz CT molecular complexity index is 1240. The van der Waals surface area contributed by atoms with Crippen molar-refractivity contribution in [2.24, 2.45) is 5.41 Å². The summed E-state index contributed by atoms with van der Waals surface area (Å²) in [6, 6.07) is 5.51. The van der Waals surface area contributed by atoms with Crippen LogP contribution in [0.25, 0.3) is 0 Å². The van der Waals surface area contributed by atoms with Gasteiger partial charge in [0, 0.05) is 19.0 Å². The van der Waals surface area contributed by atoms with Gasteiger partial charge < -0.3 is 23.8 Å². The normalized spacial score (nSPS) is 25.5. The Morgan fingerprint density at radius 2 is 1.84 bits per heavy atom. The van der Waals surface area contributed by atoms with Crippen LogP contribution in [0, 0.1) is 17.0 Å². The van der Waals surface area contributed by atoms with Gasteiger partial charge in [-0.2, -0.15) is 13.2 Å². The van der Waals surface area contributed by atoms with Crippen molar-refractivity contribution in [1.82, 2.24) is 9.88 Å². The zero-order valence-corrected chi connectivity index (χ0v) is 20.2. The zero-order valence-electron chi connectivity index (χ0n) is 20.2. The number of pyridine rings is 1. The van der Waals surface area contributed by atoms with E-state index in [4.69, 9.17) is 34.6 Å². The Morgan fingerprint density at radius 3 is 2.45 bits per heavy atom. The van der Waals surface area contributed by atoms with E-state index < -0.39 is 53.0 Å². The number of carbonyl (C=O) groups is 1. The second kappa shape index (κ2) is 9.11. The Kier molecular flexibility index (Phi) is 6.41. The number of fused-ring (bicyclic) bond motifs is 1. The Morgan fingerprint density at radius 1 is 1.16 bits per heavy atom. The lowest BCUT2D eigenvalue weighted by Gasteiger charge is -2.42. The third kappa shape index (κ3) is 4.72. The van der Waals surface area contributed by atoms with Gasteiger partial charge in [0.1, 0.15) is 56.7 Å². The molecule has 14 heteroatoms. The van der Waals surface area contributed by atoms with Crippen LogP contribution in [0.3, 0.4) is 0 Å². The number of carbonyl (C=O) groups excluding carboxylic acids is 1. The van der Waals surface area contributed by atoms with Crippen LogP contribution in [0.4, 0.5) is 22.0 Å². The SMILES string of the molecule is [B]C1([B])OC2CN(C(=O)c3ccc(OCC4(C(F)(F)F)CC4)c(OC)n3)CCC2(c2cc(F)cc(F)c2)O1. The molecule has 1 saturated carbocycles. The fourth-order valence-electron chi connectivity index (χ4n) is 4.89. The van der Waals surface area contributed by atoms with Crippen LogP contribution in [0.15, 0.2) is 30.3 Å². The summed E-state index contributed by atoms with van der Waals surface area (Å²) in [7, 11) is 12.9. The second-order valence-corrected chi connectivity index (χ2v) is 9.75. The lowest BCUT2D eigenvalue weighted by molar-refractivity contribution is -0.194. The third-order valence-electron chi connectivity index (χ3n) is 7.16. The highest BCUT2D eigenvalue weighted by Gasteiger charge is 2.64. The number of hydrogen-bond acceptors (Lipinski definition) is 6. The van der Waals surface area contributed by atoms with E-state index in [1.807, 2.05) is 0 Å². The number of nitrogens with zero attached hydrogens (tertiary/aromatic N) is 2. The number of alkyl halides is 3. The van der Waals surface area contributed by atoms with Crippen molar-refractivity contribution in [2.45, 2.75) is 42.7 Å². The van der Waals surface area contributed by atoms with E-state index in [0.717, 1.165) is 12.1 Å². The maximum atomic E-state index is 14.0. The molecular formula is C24H21B2F5N2O5. The molecular weight excluding hydrogens is 513 g/mol. The molecule has 0 spiro atoms. The van der Waals surface area contributed by atoms with E-state index in [0.29, 0.717) is 6.07 Å². The van der Waals surface area contributed by atoms with E-state index in [2.05, 4.69) is 4.98 Å².